The van der Waals surface area contributed by atoms with E-state index in [2.05, 4.69) is 72.4 Å². The second kappa shape index (κ2) is 16.3. The van der Waals surface area contributed by atoms with E-state index in [-0.39, 0.29) is 11.1 Å². The van der Waals surface area contributed by atoms with Gasteiger partial charge in [-0.25, -0.2) is 19.6 Å². The van der Waals surface area contributed by atoms with Crippen molar-refractivity contribution in [3.63, 3.8) is 0 Å². The van der Waals surface area contributed by atoms with Crippen molar-refractivity contribution in [2.24, 2.45) is 0 Å². The molecule has 274 valence electrons. The zero-order valence-electron chi connectivity index (χ0n) is 30.9. The van der Waals surface area contributed by atoms with E-state index < -0.39 is 11.9 Å². The van der Waals surface area contributed by atoms with Crippen LogP contribution in [-0.4, -0.2) is 42.1 Å². The van der Waals surface area contributed by atoms with Crippen molar-refractivity contribution >= 4 is 58.3 Å². The first-order chi connectivity index (χ1) is 26.3. The van der Waals surface area contributed by atoms with E-state index in [0.29, 0.717) is 0 Å². The Kier molecular flexibility index (Phi) is 11.0. The van der Waals surface area contributed by atoms with Crippen LogP contribution in [0.5, 0.6) is 0 Å². The van der Waals surface area contributed by atoms with Crippen molar-refractivity contribution in [2.75, 3.05) is 0 Å². The molecule has 8 bridgehead atoms. The maximum atomic E-state index is 11.8. The van der Waals surface area contributed by atoms with E-state index in [9.17, 15) is 19.8 Å². The summed E-state index contributed by atoms with van der Waals surface area (Å²) in [4.78, 5) is 41.5. The summed E-state index contributed by atoms with van der Waals surface area (Å²) >= 11 is 0. The minimum atomic E-state index is -0.970. The molecule has 0 unspecified atom stereocenters. The third-order valence-corrected chi connectivity index (χ3v) is 10.3. The fourth-order valence-electron chi connectivity index (χ4n) is 7.44. The molecule has 7 rings (SSSR count). The molecule has 0 spiro atoms. The number of rotatable bonds is 14. The van der Waals surface area contributed by atoms with Gasteiger partial charge in [-0.3, -0.25) is 0 Å². The fraction of sp³-hybridized carbons (Fsp3) is 0.261. The molecule has 0 saturated heterocycles. The molecule has 0 fully saturated rings. The summed E-state index contributed by atoms with van der Waals surface area (Å²) in [6.07, 6.45) is 18.8. The number of carbonyl (C=O) groups is 2. The monoisotopic (exact) mass is 718 g/mol. The van der Waals surface area contributed by atoms with Gasteiger partial charge in [0.2, 0.25) is 0 Å². The molecule has 2 aliphatic rings. The Balaban J connectivity index is 1.55. The smallest absolute Gasteiger partial charge is 0.335 e. The van der Waals surface area contributed by atoms with Crippen LogP contribution in [0.25, 0.3) is 68.6 Å². The lowest BCUT2D eigenvalue weighted by atomic mass is 9.99. The number of aromatic nitrogens is 4. The first-order valence-corrected chi connectivity index (χ1v) is 19.2. The molecule has 5 aromatic rings. The van der Waals surface area contributed by atoms with Gasteiger partial charge < -0.3 is 20.2 Å². The van der Waals surface area contributed by atoms with Crippen molar-refractivity contribution in [1.82, 2.24) is 19.9 Å². The number of aromatic amines is 2. The Labute approximate surface area is 315 Å². The van der Waals surface area contributed by atoms with Gasteiger partial charge in [-0.1, -0.05) is 76.6 Å². The van der Waals surface area contributed by atoms with Gasteiger partial charge in [-0.15, -0.1) is 0 Å². The van der Waals surface area contributed by atoms with E-state index >= 15 is 0 Å². The van der Waals surface area contributed by atoms with Crippen LogP contribution in [0.2, 0.25) is 0 Å². The number of nitrogens with zero attached hydrogens (tertiary/aromatic N) is 2. The van der Waals surface area contributed by atoms with Gasteiger partial charge >= 0.3 is 11.9 Å². The van der Waals surface area contributed by atoms with Gasteiger partial charge in [0.25, 0.3) is 0 Å². The number of H-pyrrole nitrogens is 2. The fourth-order valence-corrected chi connectivity index (χ4v) is 7.44. The first kappa shape index (κ1) is 36.3. The van der Waals surface area contributed by atoms with Crippen LogP contribution in [0.1, 0.15) is 120 Å². The second-order valence-electron chi connectivity index (χ2n) is 14.1. The summed E-state index contributed by atoms with van der Waals surface area (Å²) in [5.41, 5.74) is 13.5. The molecule has 2 aliphatic heterocycles. The van der Waals surface area contributed by atoms with Gasteiger partial charge in [0, 0.05) is 38.8 Å². The highest BCUT2D eigenvalue weighted by atomic mass is 16.4. The minimum absolute atomic E-state index is 0.225. The lowest BCUT2D eigenvalue weighted by Gasteiger charge is -2.08. The van der Waals surface area contributed by atoms with Crippen LogP contribution in [-0.2, 0) is 12.8 Å². The number of aryl methyl sites for hydroxylation is 2. The third kappa shape index (κ3) is 7.83. The van der Waals surface area contributed by atoms with Gasteiger partial charge in [-0.05, 0) is 110 Å². The molecule has 0 aliphatic carbocycles. The average molecular weight is 719 g/mol. The Morgan fingerprint density at radius 1 is 0.574 bits per heavy atom. The summed E-state index contributed by atoms with van der Waals surface area (Å²) in [7, 11) is 0. The average Bonchev–Trinajstić information content (AvgIpc) is 4.01. The predicted molar refractivity (Wildman–Crippen MR) is 219 cm³/mol. The molecule has 3 aromatic heterocycles. The lowest BCUT2D eigenvalue weighted by Crippen LogP contribution is -1.96. The van der Waals surface area contributed by atoms with E-state index in [0.717, 1.165) is 136 Å². The first-order valence-electron chi connectivity index (χ1n) is 19.2. The Hall–Kier alpha value is -6.02. The topological polar surface area (TPSA) is 132 Å². The molecule has 4 N–H and O–H groups in total. The summed E-state index contributed by atoms with van der Waals surface area (Å²) in [5.74, 6) is -1.93. The standard InChI is InChI=1S/C46H46N4O4/c1-3-5-7-9-11-35-38-22-21-33(47-38)27-34-28-37(29-13-17-31(18-14-29)45(51)52)44(48-34)36(12-10-8-6-4-2)40-24-26-42(50-40)43(41-25-23-39(35)49-41)30-15-19-32(20-16-30)46(53)54/h13-28,48-49H,3-12H2,1-2H3,(H,51,52)(H,53,54). The third-order valence-electron chi connectivity index (χ3n) is 10.3. The van der Waals surface area contributed by atoms with Crippen molar-refractivity contribution in [1.29, 1.82) is 0 Å². The van der Waals surface area contributed by atoms with Crippen molar-refractivity contribution in [3.8, 4) is 22.3 Å². The summed E-state index contributed by atoms with van der Waals surface area (Å²) in [6, 6.07) is 22.5. The Morgan fingerprint density at radius 2 is 1.15 bits per heavy atom. The van der Waals surface area contributed by atoms with Crippen LogP contribution < -0.4 is 0 Å². The number of aromatic carboxylic acids is 2. The van der Waals surface area contributed by atoms with E-state index in [1.165, 1.54) is 6.42 Å². The van der Waals surface area contributed by atoms with Gasteiger partial charge in [-0.2, -0.15) is 0 Å². The van der Waals surface area contributed by atoms with Crippen LogP contribution in [0.15, 0.2) is 72.8 Å². The molecule has 8 nitrogen and oxygen atoms in total. The normalized spacial score (nSPS) is 12.0. The van der Waals surface area contributed by atoms with Crippen LogP contribution in [0, 0.1) is 0 Å². The molecule has 5 heterocycles. The van der Waals surface area contributed by atoms with Crippen LogP contribution in [0.3, 0.4) is 0 Å². The number of nitrogens with one attached hydrogen (secondary N) is 2. The lowest BCUT2D eigenvalue weighted by molar-refractivity contribution is 0.0686. The molecular formula is C46H46N4O4. The largest absolute Gasteiger partial charge is 0.478 e. The molecule has 2 aromatic carbocycles. The molecule has 0 saturated carbocycles. The van der Waals surface area contributed by atoms with E-state index in [1.807, 2.05) is 24.3 Å². The number of hydrogen-bond donors (Lipinski definition) is 4. The van der Waals surface area contributed by atoms with Gasteiger partial charge in [0.1, 0.15) is 0 Å². The summed E-state index contributed by atoms with van der Waals surface area (Å²) in [5, 5.41) is 19.3. The summed E-state index contributed by atoms with van der Waals surface area (Å²) in [6.45, 7) is 4.43. The number of hydrogen-bond acceptors (Lipinski definition) is 4. The van der Waals surface area contributed by atoms with Crippen LogP contribution in [0.4, 0.5) is 0 Å². The number of unbranched alkanes of at least 4 members (excludes halogenated alkanes) is 6. The van der Waals surface area contributed by atoms with Gasteiger partial charge in [0.05, 0.1) is 39.4 Å². The Morgan fingerprint density at radius 3 is 1.80 bits per heavy atom. The quantitative estimate of drug-likeness (QED) is 0.0828. The Bertz CT molecular complexity index is 2410. The van der Waals surface area contributed by atoms with Crippen molar-refractivity contribution < 1.29 is 19.8 Å². The zero-order valence-corrected chi connectivity index (χ0v) is 30.9. The number of carboxylic acid groups (broad SMARTS) is 2. The second-order valence-corrected chi connectivity index (χ2v) is 14.1. The molecule has 54 heavy (non-hydrogen) atoms. The van der Waals surface area contributed by atoms with Crippen LogP contribution >= 0.6 is 0 Å². The highest BCUT2D eigenvalue weighted by molar-refractivity contribution is 5.96. The van der Waals surface area contributed by atoms with E-state index in [4.69, 9.17) is 9.97 Å². The molecular weight excluding hydrogens is 673 g/mol. The molecule has 0 atom stereocenters. The molecule has 8 heteroatoms. The zero-order chi connectivity index (χ0) is 37.6. The predicted octanol–water partition coefficient (Wildman–Crippen LogP) is 11.6. The van der Waals surface area contributed by atoms with Crippen molar-refractivity contribution in [3.05, 3.63) is 118 Å². The maximum Gasteiger partial charge on any atom is 0.335 e. The maximum absolute atomic E-state index is 11.8. The minimum Gasteiger partial charge on any atom is -0.478 e. The molecule has 0 amide bonds. The number of benzene rings is 2. The van der Waals surface area contributed by atoms with Gasteiger partial charge in [0.15, 0.2) is 0 Å². The van der Waals surface area contributed by atoms with Crippen molar-refractivity contribution in [2.45, 2.75) is 78.1 Å². The highest BCUT2D eigenvalue weighted by Gasteiger charge is 2.18. The highest BCUT2D eigenvalue weighted by Crippen LogP contribution is 2.35. The SMILES string of the molecule is CCCCCCc1c2nc(cc3cc(-c4ccc(C(=O)O)cc4)c([nH]3)c(CCCCCC)c3nc(c(-c4ccc(C(=O)O)cc4)c4ccc1[nH]4)C=C3)C=C2. The molecule has 0 radical (unpaired) electrons. The van der Waals surface area contributed by atoms with E-state index in [1.54, 1.807) is 24.3 Å². The number of fused-ring (bicyclic) bond motifs is 8. The number of carboxylic acids is 2. The summed E-state index contributed by atoms with van der Waals surface area (Å²) < 4.78 is 0.